The summed E-state index contributed by atoms with van der Waals surface area (Å²) in [5.41, 5.74) is 7.63. The van der Waals surface area contributed by atoms with E-state index in [0.29, 0.717) is 22.9 Å². The molecule has 276 valence electrons. The SMILES string of the molecule is Cc1ccc(-n2c(-c3ccccc3)c(-c3ccccc3)c3ccc(CCn4c(=O)cc(C)c5ccc(O)c(CNC(=O)c6ccccc6O)c54)cc3c2=O)cc1. The molecule has 8 rings (SSSR count). The van der Waals surface area contributed by atoms with Crippen molar-refractivity contribution in [3.63, 3.8) is 0 Å². The van der Waals surface area contributed by atoms with Crippen molar-refractivity contribution in [3.05, 3.63) is 194 Å². The van der Waals surface area contributed by atoms with E-state index in [4.69, 9.17) is 0 Å². The van der Waals surface area contributed by atoms with Gasteiger partial charge in [0.2, 0.25) is 0 Å². The van der Waals surface area contributed by atoms with E-state index in [0.717, 1.165) is 55.5 Å². The average Bonchev–Trinajstić information content (AvgIpc) is 3.21. The topological polar surface area (TPSA) is 114 Å². The molecule has 0 atom stereocenters. The Kier molecular flexibility index (Phi) is 9.54. The van der Waals surface area contributed by atoms with E-state index in [1.165, 1.54) is 12.1 Å². The zero-order valence-corrected chi connectivity index (χ0v) is 31.0. The zero-order valence-electron chi connectivity index (χ0n) is 31.0. The Labute approximate surface area is 323 Å². The van der Waals surface area contributed by atoms with Crippen molar-refractivity contribution in [2.75, 3.05) is 0 Å². The van der Waals surface area contributed by atoms with Crippen LogP contribution in [0, 0.1) is 13.8 Å². The van der Waals surface area contributed by atoms with E-state index >= 15 is 0 Å². The number of amides is 1. The molecule has 8 aromatic rings. The number of nitrogens with one attached hydrogen (secondary N) is 1. The Hall–Kier alpha value is -7.19. The number of benzene rings is 6. The Bertz CT molecular complexity index is 2900. The molecule has 0 radical (unpaired) electrons. The molecule has 8 heteroatoms. The molecule has 2 heterocycles. The highest BCUT2D eigenvalue weighted by molar-refractivity contribution is 6.03. The van der Waals surface area contributed by atoms with Crippen molar-refractivity contribution in [3.8, 4) is 39.6 Å². The van der Waals surface area contributed by atoms with Crippen LogP contribution in [0.15, 0.2) is 155 Å². The highest BCUT2D eigenvalue weighted by Crippen LogP contribution is 2.38. The van der Waals surface area contributed by atoms with Crippen molar-refractivity contribution < 1.29 is 15.0 Å². The Balaban J connectivity index is 1.25. The third-order valence-electron chi connectivity index (χ3n) is 10.4. The van der Waals surface area contributed by atoms with Crippen LogP contribution in [0.3, 0.4) is 0 Å². The number of aromatic hydroxyl groups is 2. The number of phenols is 2. The maximum Gasteiger partial charge on any atom is 0.263 e. The number of aromatic nitrogens is 2. The molecular weight excluding hydrogens is 699 g/mol. The van der Waals surface area contributed by atoms with E-state index < -0.39 is 5.91 Å². The van der Waals surface area contributed by atoms with Crippen LogP contribution in [-0.4, -0.2) is 25.3 Å². The number of para-hydroxylation sites is 1. The van der Waals surface area contributed by atoms with Gasteiger partial charge in [-0.15, -0.1) is 0 Å². The molecule has 0 aliphatic rings. The van der Waals surface area contributed by atoms with Crippen LogP contribution in [0.1, 0.15) is 32.6 Å². The van der Waals surface area contributed by atoms with Gasteiger partial charge in [-0.05, 0) is 90.4 Å². The summed E-state index contributed by atoms with van der Waals surface area (Å²) in [6.45, 7) is 4.02. The first kappa shape index (κ1) is 35.8. The van der Waals surface area contributed by atoms with Gasteiger partial charge in [0.05, 0.1) is 16.8 Å². The number of rotatable bonds is 9. The largest absolute Gasteiger partial charge is 0.508 e. The number of pyridine rings is 2. The van der Waals surface area contributed by atoms with Crippen molar-refractivity contribution >= 4 is 27.6 Å². The van der Waals surface area contributed by atoms with Crippen molar-refractivity contribution in [2.24, 2.45) is 0 Å². The summed E-state index contributed by atoms with van der Waals surface area (Å²) in [5, 5.41) is 26.2. The maximum absolute atomic E-state index is 14.8. The molecule has 0 spiro atoms. The summed E-state index contributed by atoms with van der Waals surface area (Å²) in [6, 6.07) is 45.1. The first-order valence-corrected chi connectivity index (χ1v) is 18.5. The molecule has 56 heavy (non-hydrogen) atoms. The molecule has 0 bridgehead atoms. The van der Waals surface area contributed by atoms with E-state index in [1.54, 1.807) is 39.5 Å². The summed E-state index contributed by atoms with van der Waals surface area (Å²) < 4.78 is 3.42. The Morgan fingerprint density at radius 2 is 1.32 bits per heavy atom. The van der Waals surface area contributed by atoms with Crippen LogP contribution in [0.4, 0.5) is 0 Å². The van der Waals surface area contributed by atoms with Gasteiger partial charge < -0.3 is 20.1 Å². The predicted molar refractivity (Wildman–Crippen MR) is 223 cm³/mol. The molecular formula is C48H39N3O5. The number of hydrogen-bond acceptors (Lipinski definition) is 5. The number of fused-ring (bicyclic) bond motifs is 2. The Morgan fingerprint density at radius 1 is 0.661 bits per heavy atom. The maximum atomic E-state index is 14.8. The number of carbonyl (C=O) groups is 1. The Morgan fingerprint density at radius 3 is 2.04 bits per heavy atom. The number of hydrogen-bond donors (Lipinski definition) is 3. The monoisotopic (exact) mass is 737 g/mol. The van der Waals surface area contributed by atoms with Crippen LogP contribution < -0.4 is 16.4 Å². The van der Waals surface area contributed by atoms with E-state index in [9.17, 15) is 24.6 Å². The predicted octanol–water partition coefficient (Wildman–Crippen LogP) is 8.84. The first-order chi connectivity index (χ1) is 27.2. The smallest absolute Gasteiger partial charge is 0.263 e. The molecule has 2 aromatic heterocycles. The van der Waals surface area contributed by atoms with Gasteiger partial charge in [-0.1, -0.05) is 103 Å². The van der Waals surface area contributed by atoms with Gasteiger partial charge in [0.15, 0.2) is 0 Å². The van der Waals surface area contributed by atoms with Gasteiger partial charge in [0, 0.05) is 46.7 Å². The molecule has 0 fully saturated rings. The molecule has 0 saturated carbocycles. The highest BCUT2D eigenvalue weighted by atomic mass is 16.3. The van der Waals surface area contributed by atoms with Crippen molar-refractivity contribution in [1.29, 1.82) is 0 Å². The average molecular weight is 738 g/mol. The van der Waals surface area contributed by atoms with Crippen molar-refractivity contribution in [2.45, 2.75) is 33.4 Å². The van der Waals surface area contributed by atoms with Gasteiger partial charge in [-0.3, -0.25) is 19.0 Å². The van der Waals surface area contributed by atoms with Gasteiger partial charge in [-0.25, -0.2) is 0 Å². The van der Waals surface area contributed by atoms with Crippen LogP contribution in [0.25, 0.3) is 49.7 Å². The summed E-state index contributed by atoms with van der Waals surface area (Å²) in [4.78, 5) is 41.6. The summed E-state index contributed by atoms with van der Waals surface area (Å²) in [6.07, 6.45) is 0.401. The summed E-state index contributed by atoms with van der Waals surface area (Å²) in [5.74, 6) is -0.745. The molecule has 0 aliphatic heterocycles. The minimum Gasteiger partial charge on any atom is -0.508 e. The van der Waals surface area contributed by atoms with Crippen LogP contribution >= 0.6 is 0 Å². The number of carbonyl (C=O) groups excluding carboxylic acids is 1. The quantitative estimate of drug-likeness (QED) is 0.137. The summed E-state index contributed by atoms with van der Waals surface area (Å²) in [7, 11) is 0. The zero-order chi connectivity index (χ0) is 38.9. The van der Waals surface area contributed by atoms with Gasteiger partial charge in [0.1, 0.15) is 11.5 Å². The van der Waals surface area contributed by atoms with Gasteiger partial charge in [0.25, 0.3) is 17.0 Å². The van der Waals surface area contributed by atoms with E-state index in [-0.39, 0.29) is 41.3 Å². The number of phenolic OH excluding ortho intramolecular Hbond substituents is 2. The van der Waals surface area contributed by atoms with E-state index in [2.05, 4.69) is 17.4 Å². The molecule has 0 aliphatic carbocycles. The van der Waals surface area contributed by atoms with Gasteiger partial charge >= 0.3 is 0 Å². The third kappa shape index (κ3) is 6.62. The van der Waals surface area contributed by atoms with Crippen molar-refractivity contribution in [1.82, 2.24) is 14.5 Å². The standard InChI is InChI=1S/C48H39N3O5/c1-30-17-20-35(21-18-30)51-45(34-13-7-4-8-14-34)44(33-11-5-3-6-12-33)37-22-19-32(28-39(37)48(51)56)25-26-50-43(54)27-31(2)36-23-24-42(53)40(46(36)50)29-49-47(55)38-15-9-10-16-41(38)52/h3-24,27-28,52-53H,25-26,29H2,1-2H3,(H,49,55). The molecule has 1 amide bonds. The fourth-order valence-electron chi connectivity index (χ4n) is 7.58. The molecule has 0 saturated heterocycles. The highest BCUT2D eigenvalue weighted by Gasteiger charge is 2.22. The molecule has 3 N–H and O–H groups in total. The minimum atomic E-state index is -0.515. The fourth-order valence-corrected chi connectivity index (χ4v) is 7.58. The number of aryl methyl sites for hydroxylation is 4. The lowest BCUT2D eigenvalue weighted by molar-refractivity contribution is 0.0948. The van der Waals surface area contributed by atoms with Crippen LogP contribution in [0.2, 0.25) is 0 Å². The van der Waals surface area contributed by atoms with Gasteiger partial charge in [-0.2, -0.15) is 0 Å². The second kappa shape index (κ2) is 14.9. The third-order valence-corrected chi connectivity index (χ3v) is 10.4. The lowest BCUT2D eigenvalue weighted by Crippen LogP contribution is -2.26. The van der Waals surface area contributed by atoms with E-state index in [1.807, 2.05) is 105 Å². The molecule has 0 unspecified atom stereocenters. The second-order valence-corrected chi connectivity index (χ2v) is 14.0. The molecule has 8 nitrogen and oxygen atoms in total. The number of nitrogens with zero attached hydrogens (tertiary/aromatic N) is 2. The minimum absolute atomic E-state index is 0.0705. The first-order valence-electron chi connectivity index (χ1n) is 18.5. The normalized spacial score (nSPS) is 11.2. The lowest BCUT2D eigenvalue weighted by Gasteiger charge is -2.21. The fraction of sp³-hybridized carbons (Fsp3) is 0.104. The van der Waals surface area contributed by atoms with Crippen LogP contribution in [0.5, 0.6) is 11.5 Å². The van der Waals surface area contributed by atoms with Crippen LogP contribution in [-0.2, 0) is 19.5 Å². The summed E-state index contributed by atoms with van der Waals surface area (Å²) >= 11 is 0. The second-order valence-electron chi connectivity index (χ2n) is 14.0. The molecule has 6 aromatic carbocycles. The lowest BCUT2D eigenvalue weighted by atomic mass is 9.92.